The second-order valence-electron chi connectivity index (χ2n) is 9.45. The van der Waals surface area contributed by atoms with Crippen LogP contribution in [0.25, 0.3) is 11.1 Å². The summed E-state index contributed by atoms with van der Waals surface area (Å²) in [4.78, 5) is 2.34. The zero-order chi connectivity index (χ0) is 24.5. The van der Waals surface area contributed by atoms with Gasteiger partial charge < -0.3 is 19.1 Å². The van der Waals surface area contributed by atoms with E-state index >= 15 is 0 Å². The Morgan fingerprint density at radius 2 is 1.59 bits per heavy atom. The number of rotatable bonds is 12. The molecule has 4 rings (SSSR count). The van der Waals surface area contributed by atoms with Crippen molar-refractivity contribution in [2.24, 2.45) is 11.8 Å². The van der Waals surface area contributed by atoms with E-state index in [0.29, 0.717) is 30.9 Å². The molecule has 0 amide bonds. The number of aryl methyl sites for hydroxylation is 1. The van der Waals surface area contributed by atoms with Gasteiger partial charge in [0.1, 0.15) is 12.4 Å². The van der Waals surface area contributed by atoms with Crippen LogP contribution >= 0.6 is 24.8 Å². The van der Waals surface area contributed by atoms with E-state index in [1.165, 1.54) is 0 Å². The molecule has 2 heterocycles. The summed E-state index contributed by atoms with van der Waals surface area (Å²) < 4.78 is 17.6. The van der Waals surface area contributed by atoms with Crippen LogP contribution < -0.4 is 9.47 Å². The van der Waals surface area contributed by atoms with Crippen LogP contribution in [-0.2, 0) is 17.8 Å². The smallest absolute Gasteiger partial charge is 0.234 e. The van der Waals surface area contributed by atoms with Crippen LogP contribution in [0.2, 0.25) is 0 Å². The third-order valence-corrected chi connectivity index (χ3v) is 6.61. The van der Waals surface area contributed by atoms with Gasteiger partial charge in [0, 0.05) is 43.7 Å². The lowest BCUT2D eigenvalue weighted by Crippen LogP contribution is -2.24. The molecule has 3 aromatic rings. The van der Waals surface area contributed by atoms with Crippen LogP contribution in [0.1, 0.15) is 31.0 Å². The molecule has 2 aromatic carbocycles. The van der Waals surface area contributed by atoms with E-state index in [1.54, 1.807) is 7.11 Å². The maximum absolute atomic E-state index is 6.17. The quantitative estimate of drug-likeness (QED) is 0.272. The zero-order valence-electron chi connectivity index (χ0n) is 22.0. The summed E-state index contributed by atoms with van der Waals surface area (Å²) in [5, 5.41) is 8.97. The van der Waals surface area contributed by atoms with Gasteiger partial charge in [-0.1, -0.05) is 55.8 Å². The lowest BCUT2D eigenvalue weighted by Gasteiger charge is -2.18. The topological polar surface area (TPSA) is 56.7 Å². The van der Waals surface area contributed by atoms with E-state index in [9.17, 15) is 0 Å². The van der Waals surface area contributed by atoms with Crippen molar-refractivity contribution in [3.8, 4) is 22.8 Å². The second-order valence-corrected chi connectivity index (χ2v) is 9.45. The zero-order valence-corrected chi connectivity index (χ0v) is 23.6. The third kappa shape index (κ3) is 8.85. The maximum atomic E-state index is 6.17. The van der Waals surface area contributed by atoms with Crippen LogP contribution in [0, 0.1) is 11.8 Å². The van der Waals surface area contributed by atoms with Crippen molar-refractivity contribution in [1.29, 1.82) is 0 Å². The number of nitrogens with zero attached hydrogens (tertiary/aromatic N) is 3. The summed E-state index contributed by atoms with van der Waals surface area (Å²) in [5.41, 5.74) is 4.34. The van der Waals surface area contributed by atoms with Crippen molar-refractivity contribution < 1.29 is 14.2 Å². The maximum Gasteiger partial charge on any atom is 0.234 e. The average Bonchev–Trinajstić information content (AvgIpc) is 3.25. The highest BCUT2D eigenvalue weighted by Crippen LogP contribution is 2.29. The molecule has 0 N–H and O–H groups in total. The van der Waals surface area contributed by atoms with Gasteiger partial charge in [-0.2, -0.15) is 5.10 Å². The molecule has 0 spiro atoms. The van der Waals surface area contributed by atoms with Gasteiger partial charge >= 0.3 is 0 Å². The van der Waals surface area contributed by atoms with Crippen LogP contribution in [0.15, 0.2) is 60.7 Å². The number of halogens is 2. The first-order chi connectivity index (χ1) is 17.2. The second kappa shape index (κ2) is 15.8. The summed E-state index contributed by atoms with van der Waals surface area (Å²) >= 11 is 0. The predicted octanol–water partition coefficient (Wildman–Crippen LogP) is 6.11. The fraction of sp³-hybridized carbons (Fsp3) is 0.448. The monoisotopic (exact) mass is 547 g/mol. The van der Waals surface area contributed by atoms with Gasteiger partial charge in [-0.15, -0.1) is 29.9 Å². The van der Waals surface area contributed by atoms with Crippen molar-refractivity contribution in [3.05, 3.63) is 71.9 Å². The minimum Gasteiger partial charge on any atom is -0.489 e. The molecule has 0 bridgehead atoms. The van der Waals surface area contributed by atoms with E-state index in [-0.39, 0.29) is 24.8 Å². The van der Waals surface area contributed by atoms with Crippen molar-refractivity contribution >= 4 is 24.8 Å². The SMILES string of the molecule is CCCCc1nnc(OC[C@H]2CN(C)C[C@@H]2COC)cc1-c1ccc(OCc2ccccc2)cc1.Cl.Cl. The van der Waals surface area contributed by atoms with Gasteiger partial charge in [-0.3, -0.25) is 0 Å². The Hall–Kier alpha value is -2.38. The highest BCUT2D eigenvalue weighted by atomic mass is 35.5. The standard InChI is InChI=1S/C29H37N3O3.2ClH/c1-4-5-11-28-27(23-12-14-26(15-13-23)34-19-22-9-7-6-8-10-22)16-29(31-30-28)35-21-25-18-32(2)17-24(25)20-33-3;;/h6-10,12-16,24-25H,4-5,11,17-21H2,1-3H3;2*1H/t24-,25-;;/m1../s1. The Morgan fingerprint density at radius 3 is 2.27 bits per heavy atom. The van der Waals surface area contributed by atoms with Gasteiger partial charge in [-0.25, -0.2) is 0 Å². The molecule has 6 nitrogen and oxygen atoms in total. The lowest BCUT2D eigenvalue weighted by molar-refractivity contribution is 0.118. The molecule has 0 aliphatic carbocycles. The number of hydrogen-bond donors (Lipinski definition) is 0. The molecule has 1 aromatic heterocycles. The predicted molar refractivity (Wildman–Crippen MR) is 153 cm³/mol. The van der Waals surface area contributed by atoms with Crippen molar-refractivity contribution in [2.45, 2.75) is 32.8 Å². The fourth-order valence-electron chi connectivity index (χ4n) is 4.68. The largest absolute Gasteiger partial charge is 0.489 e. The highest BCUT2D eigenvalue weighted by molar-refractivity contribution is 5.85. The molecule has 1 aliphatic heterocycles. The highest BCUT2D eigenvalue weighted by Gasteiger charge is 2.31. The van der Waals surface area contributed by atoms with Crippen LogP contribution in [0.3, 0.4) is 0 Å². The minimum atomic E-state index is 0. The van der Waals surface area contributed by atoms with Crippen LogP contribution in [0.4, 0.5) is 0 Å². The summed E-state index contributed by atoms with van der Waals surface area (Å²) in [6.07, 6.45) is 3.09. The average molecular weight is 549 g/mol. The summed E-state index contributed by atoms with van der Waals surface area (Å²) in [7, 11) is 3.91. The van der Waals surface area contributed by atoms with Crippen molar-refractivity contribution in [2.75, 3.05) is 40.5 Å². The van der Waals surface area contributed by atoms with E-state index in [1.807, 2.05) is 36.4 Å². The summed E-state index contributed by atoms with van der Waals surface area (Å²) in [6, 6.07) is 20.5. The van der Waals surface area contributed by atoms with E-state index in [0.717, 1.165) is 67.1 Å². The normalized spacial score (nSPS) is 17.1. The molecule has 1 saturated heterocycles. The molecular formula is C29H39Cl2N3O3. The number of methoxy groups -OCH3 is 1. The molecule has 0 saturated carbocycles. The van der Waals surface area contributed by atoms with E-state index in [4.69, 9.17) is 14.2 Å². The Bertz CT molecular complexity index is 1050. The fourth-order valence-corrected chi connectivity index (χ4v) is 4.68. The van der Waals surface area contributed by atoms with Gasteiger partial charge in [0.2, 0.25) is 5.88 Å². The first kappa shape index (κ1) is 30.8. The van der Waals surface area contributed by atoms with Gasteiger partial charge in [0.05, 0.1) is 18.9 Å². The molecule has 202 valence electrons. The Labute approximate surface area is 233 Å². The summed E-state index contributed by atoms with van der Waals surface area (Å²) in [6.45, 7) is 6.16. The molecule has 8 heteroatoms. The van der Waals surface area contributed by atoms with Crippen molar-refractivity contribution in [3.63, 3.8) is 0 Å². The molecular weight excluding hydrogens is 509 g/mol. The molecule has 37 heavy (non-hydrogen) atoms. The lowest BCUT2D eigenvalue weighted by atomic mass is 9.98. The molecule has 1 fully saturated rings. The number of ether oxygens (including phenoxy) is 3. The Morgan fingerprint density at radius 1 is 0.892 bits per heavy atom. The first-order valence-electron chi connectivity index (χ1n) is 12.6. The number of benzene rings is 2. The Balaban J connectivity index is 0.00000241. The first-order valence-corrected chi connectivity index (χ1v) is 12.6. The van der Waals surface area contributed by atoms with Gasteiger partial charge in [0.15, 0.2) is 0 Å². The van der Waals surface area contributed by atoms with E-state index in [2.05, 4.69) is 53.3 Å². The Kier molecular flexibility index (Phi) is 13.1. The van der Waals surface area contributed by atoms with Gasteiger partial charge in [0.25, 0.3) is 0 Å². The number of unbranched alkanes of at least 4 members (excludes halogenated alkanes) is 1. The number of hydrogen-bond acceptors (Lipinski definition) is 6. The third-order valence-electron chi connectivity index (χ3n) is 6.61. The van der Waals surface area contributed by atoms with E-state index < -0.39 is 0 Å². The summed E-state index contributed by atoms with van der Waals surface area (Å²) in [5.74, 6) is 2.33. The number of likely N-dealkylation sites (tertiary alicyclic amines) is 1. The molecule has 0 radical (unpaired) electrons. The van der Waals surface area contributed by atoms with Crippen LogP contribution in [-0.4, -0.2) is 55.6 Å². The minimum absolute atomic E-state index is 0. The van der Waals surface area contributed by atoms with Crippen LogP contribution in [0.5, 0.6) is 11.6 Å². The molecule has 1 aliphatic rings. The van der Waals surface area contributed by atoms with Crippen molar-refractivity contribution in [1.82, 2.24) is 15.1 Å². The molecule has 0 unspecified atom stereocenters. The van der Waals surface area contributed by atoms with Gasteiger partial charge in [-0.05, 0) is 43.1 Å². The number of aromatic nitrogens is 2. The molecule has 2 atom stereocenters.